The van der Waals surface area contributed by atoms with Crippen molar-refractivity contribution in [2.75, 3.05) is 6.54 Å². The fraction of sp³-hybridized carbons (Fsp3) is 0.917. The van der Waals surface area contributed by atoms with Gasteiger partial charge in [-0.2, -0.15) is 0 Å². The van der Waals surface area contributed by atoms with Crippen molar-refractivity contribution in [1.82, 2.24) is 0 Å². The zero-order chi connectivity index (χ0) is 10.8. The number of carbonyl (C=O) groups is 1. The second-order valence-corrected chi connectivity index (χ2v) is 4.03. The first-order valence-corrected chi connectivity index (χ1v) is 5.96. The number of nitrogens with two attached hydrogens (primary N) is 1. The lowest BCUT2D eigenvalue weighted by Crippen LogP contribution is -2.10. The Kier molecular flexibility index (Phi) is 8.95. The summed E-state index contributed by atoms with van der Waals surface area (Å²) >= 11 is 0. The Bertz CT molecular complexity index is 145. The predicted molar refractivity (Wildman–Crippen MR) is 61.2 cm³/mol. The van der Waals surface area contributed by atoms with E-state index in [1.807, 2.05) is 0 Å². The molecule has 0 aliphatic rings. The topological polar surface area (TPSA) is 43.1 Å². The summed E-state index contributed by atoms with van der Waals surface area (Å²) in [4.78, 5) is 11.4. The van der Waals surface area contributed by atoms with Crippen molar-refractivity contribution in [1.29, 1.82) is 0 Å². The molecule has 1 unspecified atom stereocenters. The molecule has 0 saturated heterocycles. The fourth-order valence-electron chi connectivity index (χ4n) is 1.65. The van der Waals surface area contributed by atoms with Crippen LogP contribution in [0.3, 0.4) is 0 Å². The second-order valence-electron chi connectivity index (χ2n) is 4.03. The third-order valence-corrected chi connectivity index (χ3v) is 2.79. The Labute approximate surface area is 88.3 Å². The minimum atomic E-state index is 0.433. The van der Waals surface area contributed by atoms with Gasteiger partial charge in [0.25, 0.3) is 0 Å². The van der Waals surface area contributed by atoms with E-state index in [0.29, 0.717) is 11.7 Å². The lowest BCUT2D eigenvalue weighted by Gasteiger charge is -2.12. The summed E-state index contributed by atoms with van der Waals surface area (Å²) in [5.41, 5.74) is 5.51. The normalized spacial score (nSPS) is 12.8. The van der Waals surface area contributed by atoms with Crippen molar-refractivity contribution in [2.24, 2.45) is 11.7 Å². The zero-order valence-corrected chi connectivity index (χ0v) is 9.72. The summed E-state index contributed by atoms with van der Waals surface area (Å²) in [5, 5.41) is 0. The highest BCUT2D eigenvalue weighted by molar-refractivity contribution is 5.78. The first-order valence-electron chi connectivity index (χ1n) is 5.96. The molecular weight excluding hydrogens is 174 g/mol. The lowest BCUT2D eigenvalue weighted by atomic mass is 9.94. The minimum Gasteiger partial charge on any atom is -0.330 e. The summed E-state index contributed by atoms with van der Waals surface area (Å²) < 4.78 is 0. The zero-order valence-electron chi connectivity index (χ0n) is 9.72. The van der Waals surface area contributed by atoms with Gasteiger partial charge in [-0.3, -0.25) is 4.79 Å². The maximum Gasteiger partial charge on any atom is 0.132 e. The Balaban J connectivity index is 3.52. The van der Waals surface area contributed by atoms with Gasteiger partial charge >= 0.3 is 0 Å². The first-order chi connectivity index (χ1) is 6.74. The predicted octanol–water partition coefficient (Wildman–Crippen LogP) is 2.90. The second kappa shape index (κ2) is 9.20. The molecule has 0 heterocycles. The number of Topliss-reactive ketones (excluding diaryl/α,β-unsaturated/α-hetero) is 1. The van der Waals surface area contributed by atoms with E-state index in [1.54, 1.807) is 0 Å². The molecule has 0 bridgehead atoms. The van der Waals surface area contributed by atoms with E-state index in [1.165, 1.54) is 0 Å². The van der Waals surface area contributed by atoms with Crippen molar-refractivity contribution in [3.8, 4) is 0 Å². The average Bonchev–Trinajstić information content (AvgIpc) is 2.21. The summed E-state index contributed by atoms with van der Waals surface area (Å²) in [5.74, 6) is 1.09. The largest absolute Gasteiger partial charge is 0.330 e. The Hall–Kier alpha value is -0.370. The molecule has 1 atom stereocenters. The molecule has 2 heteroatoms. The molecule has 0 aliphatic heterocycles. The minimum absolute atomic E-state index is 0.433. The van der Waals surface area contributed by atoms with Gasteiger partial charge in [0.1, 0.15) is 5.78 Å². The number of carbonyl (C=O) groups excluding carboxylic acids is 1. The van der Waals surface area contributed by atoms with Crippen LogP contribution in [0.25, 0.3) is 0 Å². The van der Waals surface area contributed by atoms with Crippen LogP contribution in [0, 0.1) is 5.92 Å². The number of unbranched alkanes of at least 4 members (excludes halogenated alkanes) is 1. The molecule has 2 nitrogen and oxygen atoms in total. The van der Waals surface area contributed by atoms with E-state index in [9.17, 15) is 4.79 Å². The molecule has 0 rings (SSSR count). The maximum atomic E-state index is 11.4. The van der Waals surface area contributed by atoms with Crippen LogP contribution < -0.4 is 5.73 Å². The third-order valence-electron chi connectivity index (χ3n) is 2.79. The van der Waals surface area contributed by atoms with Gasteiger partial charge in [-0.05, 0) is 31.7 Å². The third kappa shape index (κ3) is 7.07. The van der Waals surface area contributed by atoms with Crippen LogP contribution in [0.4, 0.5) is 0 Å². The lowest BCUT2D eigenvalue weighted by molar-refractivity contribution is -0.119. The highest BCUT2D eigenvalue weighted by atomic mass is 16.1. The molecule has 14 heavy (non-hydrogen) atoms. The van der Waals surface area contributed by atoms with Gasteiger partial charge in [-0.1, -0.05) is 26.7 Å². The standard InChI is InChI=1S/C12H25NO/c1-3-5-6-12(14)8-7-11(4-2)9-10-13/h11H,3-10,13H2,1-2H3. The molecule has 0 aromatic carbocycles. The van der Waals surface area contributed by atoms with Gasteiger partial charge in [0.2, 0.25) is 0 Å². The smallest absolute Gasteiger partial charge is 0.132 e. The van der Waals surface area contributed by atoms with Gasteiger partial charge in [0.05, 0.1) is 0 Å². The number of hydrogen-bond donors (Lipinski definition) is 1. The highest BCUT2D eigenvalue weighted by Gasteiger charge is 2.08. The Morgan fingerprint density at radius 2 is 1.93 bits per heavy atom. The van der Waals surface area contributed by atoms with Crippen molar-refractivity contribution in [2.45, 2.75) is 58.8 Å². The molecule has 0 spiro atoms. The van der Waals surface area contributed by atoms with E-state index < -0.39 is 0 Å². The quantitative estimate of drug-likeness (QED) is 0.620. The molecule has 84 valence electrons. The molecule has 0 aromatic heterocycles. The van der Waals surface area contributed by atoms with Crippen LogP contribution in [-0.4, -0.2) is 12.3 Å². The molecule has 0 aliphatic carbocycles. The van der Waals surface area contributed by atoms with Crippen LogP contribution in [0.1, 0.15) is 58.8 Å². The highest BCUT2D eigenvalue weighted by Crippen LogP contribution is 2.15. The van der Waals surface area contributed by atoms with E-state index in [0.717, 1.165) is 51.5 Å². The van der Waals surface area contributed by atoms with E-state index >= 15 is 0 Å². The van der Waals surface area contributed by atoms with Crippen LogP contribution in [0.2, 0.25) is 0 Å². The van der Waals surface area contributed by atoms with Gasteiger partial charge in [-0.25, -0.2) is 0 Å². The van der Waals surface area contributed by atoms with E-state index in [2.05, 4.69) is 13.8 Å². The van der Waals surface area contributed by atoms with Crippen LogP contribution in [-0.2, 0) is 4.79 Å². The molecule has 0 radical (unpaired) electrons. The van der Waals surface area contributed by atoms with Crippen LogP contribution >= 0.6 is 0 Å². The van der Waals surface area contributed by atoms with Crippen molar-refractivity contribution >= 4 is 5.78 Å². The van der Waals surface area contributed by atoms with Gasteiger partial charge < -0.3 is 5.73 Å². The van der Waals surface area contributed by atoms with Crippen molar-refractivity contribution in [3.05, 3.63) is 0 Å². The number of rotatable bonds is 9. The number of hydrogen-bond acceptors (Lipinski definition) is 2. The van der Waals surface area contributed by atoms with Crippen LogP contribution in [0.5, 0.6) is 0 Å². The summed E-state index contributed by atoms with van der Waals surface area (Å²) in [7, 11) is 0. The molecule has 0 saturated carbocycles. The number of ketones is 1. The Morgan fingerprint density at radius 3 is 2.43 bits per heavy atom. The van der Waals surface area contributed by atoms with Crippen molar-refractivity contribution < 1.29 is 4.79 Å². The monoisotopic (exact) mass is 199 g/mol. The molecule has 0 fully saturated rings. The van der Waals surface area contributed by atoms with Crippen LogP contribution in [0.15, 0.2) is 0 Å². The molecule has 2 N–H and O–H groups in total. The SMILES string of the molecule is CCCCC(=O)CCC(CC)CCN. The van der Waals surface area contributed by atoms with E-state index in [-0.39, 0.29) is 0 Å². The summed E-state index contributed by atoms with van der Waals surface area (Å²) in [6, 6.07) is 0. The van der Waals surface area contributed by atoms with Gasteiger partial charge in [-0.15, -0.1) is 0 Å². The van der Waals surface area contributed by atoms with Gasteiger partial charge in [0.15, 0.2) is 0 Å². The summed E-state index contributed by atoms with van der Waals surface area (Å²) in [6.45, 7) is 5.05. The molecule has 0 amide bonds. The fourth-order valence-corrected chi connectivity index (χ4v) is 1.65. The van der Waals surface area contributed by atoms with Crippen molar-refractivity contribution in [3.63, 3.8) is 0 Å². The molecular formula is C12H25NO. The average molecular weight is 199 g/mol. The first kappa shape index (κ1) is 13.6. The van der Waals surface area contributed by atoms with Gasteiger partial charge in [0, 0.05) is 12.8 Å². The maximum absolute atomic E-state index is 11.4. The Morgan fingerprint density at radius 1 is 1.21 bits per heavy atom. The summed E-state index contributed by atoms with van der Waals surface area (Å²) in [6.07, 6.45) is 6.96. The van der Waals surface area contributed by atoms with E-state index in [4.69, 9.17) is 5.73 Å². The molecule has 0 aromatic rings.